The summed E-state index contributed by atoms with van der Waals surface area (Å²) in [7, 11) is 0. The molecule has 0 saturated carbocycles. The number of aliphatic hydroxyl groups excluding tert-OH is 1. The van der Waals surface area contributed by atoms with Crippen molar-refractivity contribution in [3.8, 4) is 0 Å². The molecule has 4 nitrogen and oxygen atoms in total. The van der Waals surface area contributed by atoms with Gasteiger partial charge in [0.15, 0.2) is 11.6 Å². The number of Topliss-reactive ketones (excluding diaryl/α,β-unsaturated/α-hetero) is 2. The van der Waals surface area contributed by atoms with Gasteiger partial charge in [-0.3, -0.25) is 9.59 Å². The Hall–Kier alpha value is -0.260. The highest BCUT2D eigenvalue weighted by Crippen LogP contribution is 2.23. The van der Waals surface area contributed by atoms with E-state index in [2.05, 4.69) is 29.8 Å². The molecule has 0 bridgehead atoms. The lowest BCUT2D eigenvalue weighted by atomic mass is 9.83. The third kappa shape index (κ3) is 20.6. The van der Waals surface area contributed by atoms with E-state index in [0.717, 1.165) is 25.7 Å². The van der Waals surface area contributed by atoms with Crippen LogP contribution >= 0.6 is 15.9 Å². The van der Waals surface area contributed by atoms with Crippen molar-refractivity contribution in [2.75, 3.05) is 5.33 Å². The molecular weight excluding hydrogens is 564 g/mol. The van der Waals surface area contributed by atoms with Crippen molar-refractivity contribution in [2.45, 2.75) is 205 Å². The zero-order valence-electron chi connectivity index (χ0n) is 26.7. The first-order valence-corrected chi connectivity index (χ1v) is 18.6. The highest BCUT2D eigenvalue weighted by Gasteiger charge is 2.47. The van der Waals surface area contributed by atoms with Gasteiger partial charge in [-0.05, 0) is 12.8 Å². The highest BCUT2D eigenvalue weighted by molar-refractivity contribution is 9.09. The predicted molar refractivity (Wildman–Crippen MR) is 175 cm³/mol. The summed E-state index contributed by atoms with van der Waals surface area (Å²) in [5.74, 6) is -1.02. The van der Waals surface area contributed by atoms with E-state index in [9.17, 15) is 19.8 Å². The first kappa shape index (κ1) is 39.7. The Labute approximate surface area is 257 Å². The Morgan fingerprint density at radius 3 is 0.950 bits per heavy atom. The van der Waals surface area contributed by atoms with Crippen LogP contribution in [0.4, 0.5) is 0 Å². The quantitative estimate of drug-likeness (QED) is 0.0440. The highest BCUT2D eigenvalue weighted by atomic mass is 79.9. The fraction of sp³-hybridized carbons (Fsp3) is 0.943. The van der Waals surface area contributed by atoms with E-state index in [-0.39, 0.29) is 18.2 Å². The molecule has 0 spiro atoms. The van der Waals surface area contributed by atoms with Gasteiger partial charge >= 0.3 is 0 Å². The molecule has 238 valence electrons. The number of unbranched alkanes of at least 4 members (excludes halogenated alkanes) is 24. The molecular formula is C35H67BrO4. The minimum atomic E-state index is -2.27. The maximum atomic E-state index is 12.9. The van der Waals surface area contributed by atoms with Gasteiger partial charge in [0.25, 0.3) is 0 Å². The van der Waals surface area contributed by atoms with E-state index in [1.54, 1.807) is 0 Å². The molecule has 1 atom stereocenters. The monoisotopic (exact) mass is 630 g/mol. The van der Waals surface area contributed by atoms with Gasteiger partial charge in [0.1, 0.15) is 6.10 Å². The van der Waals surface area contributed by atoms with E-state index >= 15 is 0 Å². The molecule has 0 radical (unpaired) electrons. The molecule has 0 heterocycles. The number of hydrogen-bond donors (Lipinski definition) is 2. The van der Waals surface area contributed by atoms with Crippen molar-refractivity contribution >= 4 is 27.5 Å². The summed E-state index contributed by atoms with van der Waals surface area (Å²) in [5, 5.41) is 21.4. The Balaban J connectivity index is 3.99. The molecule has 1 unspecified atom stereocenters. The van der Waals surface area contributed by atoms with Crippen LogP contribution < -0.4 is 0 Å². The van der Waals surface area contributed by atoms with Gasteiger partial charge < -0.3 is 10.2 Å². The van der Waals surface area contributed by atoms with Crippen LogP contribution in [0.5, 0.6) is 0 Å². The fourth-order valence-electron chi connectivity index (χ4n) is 5.63. The second-order valence-electron chi connectivity index (χ2n) is 12.3. The van der Waals surface area contributed by atoms with E-state index < -0.39 is 23.3 Å². The molecule has 0 rings (SSSR count). The molecule has 0 saturated heterocycles. The Kier molecular flexibility index (Phi) is 28.7. The number of carbonyl (C=O) groups excluding carboxylic acids is 2. The summed E-state index contributed by atoms with van der Waals surface area (Å²) in [6, 6.07) is 0. The van der Waals surface area contributed by atoms with Crippen LogP contribution in [0, 0.1) is 0 Å². The van der Waals surface area contributed by atoms with Gasteiger partial charge in [-0.2, -0.15) is 0 Å². The molecule has 0 aromatic rings. The standard InChI is InChI=1S/C35H67BrO4/c1-3-5-7-9-11-13-15-17-19-21-23-25-27-29-32(37)35(40,34(39)31-36)33(38)30-28-26-24-22-20-18-16-14-12-10-8-6-4-2/h34,39-40H,3-31H2,1-2H3. The lowest BCUT2D eigenvalue weighted by molar-refractivity contribution is -0.161. The van der Waals surface area contributed by atoms with Crippen molar-refractivity contribution in [1.82, 2.24) is 0 Å². The van der Waals surface area contributed by atoms with E-state index in [4.69, 9.17) is 0 Å². The summed E-state index contributed by atoms with van der Waals surface area (Å²) in [4.78, 5) is 25.8. The molecule has 0 fully saturated rings. The van der Waals surface area contributed by atoms with Crippen molar-refractivity contribution in [3.63, 3.8) is 0 Å². The van der Waals surface area contributed by atoms with Crippen LogP contribution in [0.15, 0.2) is 0 Å². The number of hydrogen-bond acceptors (Lipinski definition) is 4. The van der Waals surface area contributed by atoms with Crippen molar-refractivity contribution in [2.24, 2.45) is 0 Å². The van der Waals surface area contributed by atoms with E-state index in [1.807, 2.05) is 0 Å². The number of carbonyl (C=O) groups is 2. The number of aliphatic hydroxyl groups is 2. The zero-order chi connectivity index (χ0) is 29.7. The van der Waals surface area contributed by atoms with Gasteiger partial charge in [-0.1, -0.05) is 184 Å². The maximum Gasteiger partial charge on any atom is 0.208 e. The minimum Gasteiger partial charge on any atom is -0.388 e. The molecule has 40 heavy (non-hydrogen) atoms. The second kappa shape index (κ2) is 28.8. The second-order valence-corrected chi connectivity index (χ2v) is 12.9. The van der Waals surface area contributed by atoms with Crippen LogP contribution in [0.2, 0.25) is 0 Å². The van der Waals surface area contributed by atoms with Crippen molar-refractivity contribution < 1.29 is 19.8 Å². The first-order valence-electron chi connectivity index (χ1n) is 17.5. The molecule has 2 N–H and O–H groups in total. The third-order valence-corrected chi connectivity index (χ3v) is 9.11. The number of alkyl halides is 1. The summed E-state index contributed by atoms with van der Waals surface area (Å²) < 4.78 is 0. The molecule has 0 amide bonds. The zero-order valence-corrected chi connectivity index (χ0v) is 28.3. The van der Waals surface area contributed by atoms with Crippen LogP contribution in [-0.4, -0.2) is 38.8 Å². The van der Waals surface area contributed by atoms with Crippen LogP contribution in [0.3, 0.4) is 0 Å². The Bertz CT molecular complexity index is 538. The van der Waals surface area contributed by atoms with Crippen molar-refractivity contribution in [1.29, 1.82) is 0 Å². The first-order chi connectivity index (χ1) is 19.4. The van der Waals surface area contributed by atoms with Gasteiger partial charge in [-0.15, -0.1) is 0 Å². The lowest BCUT2D eigenvalue weighted by Gasteiger charge is -2.29. The molecule has 0 aliphatic rings. The summed E-state index contributed by atoms with van der Waals surface area (Å²) in [6.07, 6.45) is 30.6. The number of rotatable bonds is 32. The summed E-state index contributed by atoms with van der Waals surface area (Å²) >= 11 is 3.16. The number of halogens is 1. The van der Waals surface area contributed by atoms with Gasteiger partial charge in [0.05, 0.1) is 0 Å². The molecule has 0 aromatic carbocycles. The van der Waals surface area contributed by atoms with Gasteiger partial charge in [-0.25, -0.2) is 0 Å². The summed E-state index contributed by atoms with van der Waals surface area (Å²) in [5.41, 5.74) is -2.27. The largest absolute Gasteiger partial charge is 0.388 e. The number of ketones is 2. The topological polar surface area (TPSA) is 74.6 Å². The average Bonchev–Trinajstić information content (AvgIpc) is 2.96. The Morgan fingerprint density at radius 1 is 0.500 bits per heavy atom. The van der Waals surface area contributed by atoms with Crippen molar-refractivity contribution in [3.05, 3.63) is 0 Å². The fourth-order valence-corrected chi connectivity index (χ4v) is 6.10. The molecule has 0 aliphatic carbocycles. The normalized spacial score (nSPS) is 12.6. The van der Waals surface area contributed by atoms with E-state index in [1.165, 1.54) is 128 Å². The van der Waals surface area contributed by atoms with E-state index in [0.29, 0.717) is 12.8 Å². The maximum absolute atomic E-state index is 12.9. The minimum absolute atomic E-state index is 0.0121. The average molecular weight is 632 g/mol. The van der Waals surface area contributed by atoms with Crippen LogP contribution in [0.25, 0.3) is 0 Å². The molecule has 0 aliphatic heterocycles. The molecule has 0 aromatic heterocycles. The van der Waals surface area contributed by atoms with Crippen LogP contribution in [0.1, 0.15) is 194 Å². The van der Waals surface area contributed by atoms with Crippen LogP contribution in [-0.2, 0) is 9.59 Å². The predicted octanol–water partition coefficient (Wildman–Crippen LogP) is 10.6. The summed E-state index contributed by atoms with van der Waals surface area (Å²) in [6.45, 7) is 4.51. The lowest BCUT2D eigenvalue weighted by Crippen LogP contribution is -2.56. The van der Waals surface area contributed by atoms with Gasteiger partial charge in [0.2, 0.25) is 5.60 Å². The molecule has 5 heteroatoms. The SMILES string of the molecule is CCCCCCCCCCCCCCCC(=O)C(O)(C(=O)CCCCCCCCCCCCCCC)C(O)CBr. The Morgan fingerprint density at radius 2 is 0.725 bits per heavy atom. The smallest absolute Gasteiger partial charge is 0.208 e. The van der Waals surface area contributed by atoms with Gasteiger partial charge in [0, 0.05) is 18.2 Å². The third-order valence-electron chi connectivity index (χ3n) is 8.49.